The molecule has 0 N–H and O–H groups in total. The first-order valence-corrected chi connectivity index (χ1v) is 6.72. The molecule has 1 heterocycles. The molecule has 0 radical (unpaired) electrons. The average molecular weight is 288 g/mol. The number of aryl methyl sites for hydroxylation is 2. The van der Waals surface area contributed by atoms with E-state index < -0.39 is 4.92 Å². The van der Waals surface area contributed by atoms with Gasteiger partial charge in [0.05, 0.1) is 4.92 Å². The molecule has 21 heavy (non-hydrogen) atoms. The van der Waals surface area contributed by atoms with Crippen LogP contribution < -0.4 is 0 Å². The zero-order valence-corrected chi connectivity index (χ0v) is 12.2. The summed E-state index contributed by atoms with van der Waals surface area (Å²) in [5.41, 5.74) is 0.485. The highest BCUT2D eigenvalue weighted by Crippen LogP contribution is 2.25. The molecule has 7 nitrogen and oxygen atoms in total. The molecule has 0 aliphatic carbocycles. The fraction of sp³-hybridized carbons (Fsp3) is 0.357. The number of nitro groups is 1. The van der Waals surface area contributed by atoms with Gasteiger partial charge in [-0.15, -0.1) is 0 Å². The first kappa shape index (κ1) is 14.8. The minimum atomic E-state index is -0.505. The van der Waals surface area contributed by atoms with Gasteiger partial charge in [-0.2, -0.15) is 5.10 Å². The van der Waals surface area contributed by atoms with Crippen molar-refractivity contribution in [2.45, 2.75) is 33.6 Å². The number of carbonyl (C=O) groups excluding carboxylic acids is 1. The van der Waals surface area contributed by atoms with Gasteiger partial charge in [0.15, 0.2) is 11.6 Å². The summed E-state index contributed by atoms with van der Waals surface area (Å²) < 4.78 is 1.49. The molecular formula is C14H16N4O3. The van der Waals surface area contributed by atoms with Crippen LogP contribution in [0.4, 0.5) is 5.69 Å². The smallest absolute Gasteiger partial charge is 0.295 e. The van der Waals surface area contributed by atoms with Crippen molar-refractivity contribution < 1.29 is 9.72 Å². The van der Waals surface area contributed by atoms with Crippen LogP contribution in [0.5, 0.6) is 0 Å². The summed E-state index contributed by atoms with van der Waals surface area (Å²) in [6, 6.07) is 4.39. The van der Waals surface area contributed by atoms with E-state index in [0.717, 1.165) is 0 Å². The highest BCUT2D eigenvalue weighted by atomic mass is 16.6. The topological polar surface area (TPSA) is 90.9 Å². The number of aromatic nitrogens is 3. The van der Waals surface area contributed by atoms with Gasteiger partial charge in [-0.3, -0.25) is 14.9 Å². The highest BCUT2D eigenvalue weighted by Gasteiger charge is 2.21. The molecule has 7 heteroatoms. The predicted octanol–water partition coefficient (Wildman–Crippen LogP) is 2.50. The zero-order chi connectivity index (χ0) is 15.6. The van der Waals surface area contributed by atoms with Crippen molar-refractivity contribution in [1.29, 1.82) is 0 Å². The van der Waals surface area contributed by atoms with Crippen molar-refractivity contribution >= 4 is 11.5 Å². The molecule has 0 saturated carbocycles. The summed E-state index contributed by atoms with van der Waals surface area (Å²) >= 11 is 0. The van der Waals surface area contributed by atoms with Crippen LogP contribution in [0, 0.1) is 10.1 Å². The van der Waals surface area contributed by atoms with E-state index in [2.05, 4.69) is 10.1 Å². The standard InChI is InChI=1S/C14H16N4O3/c1-4-13-15-14(5-2)17(16-13)11-7-6-10(9(3)19)8-12(11)18(20)21/h6-8H,4-5H2,1-3H3. The predicted molar refractivity (Wildman–Crippen MR) is 76.8 cm³/mol. The van der Waals surface area contributed by atoms with Gasteiger partial charge >= 0.3 is 0 Å². The minimum absolute atomic E-state index is 0.148. The molecule has 0 fully saturated rings. The van der Waals surface area contributed by atoms with Crippen LogP contribution in [-0.2, 0) is 12.8 Å². The first-order valence-electron chi connectivity index (χ1n) is 6.72. The van der Waals surface area contributed by atoms with Crippen LogP contribution >= 0.6 is 0 Å². The van der Waals surface area contributed by atoms with E-state index in [0.29, 0.717) is 35.7 Å². The van der Waals surface area contributed by atoms with Crippen LogP contribution in [0.3, 0.4) is 0 Å². The SMILES string of the molecule is CCc1nc(CC)n(-c2ccc(C(C)=O)cc2[N+](=O)[O-])n1. The van der Waals surface area contributed by atoms with Gasteiger partial charge in [0.2, 0.25) is 0 Å². The van der Waals surface area contributed by atoms with E-state index in [1.165, 1.54) is 17.7 Å². The normalized spacial score (nSPS) is 10.6. The Morgan fingerprint density at radius 2 is 2.05 bits per heavy atom. The van der Waals surface area contributed by atoms with Gasteiger partial charge in [0.1, 0.15) is 11.5 Å². The van der Waals surface area contributed by atoms with Crippen LogP contribution in [0.25, 0.3) is 5.69 Å². The Morgan fingerprint density at radius 1 is 1.33 bits per heavy atom. The van der Waals surface area contributed by atoms with Crippen LogP contribution in [0.2, 0.25) is 0 Å². The van der Waals surface area contributed by atoms with Gasteiger partial charge in [-0.05, 0) is 19.1 Å². The second kappa shape index (κ2) is 5.82. The van der Waals surface area contributed by atoms with Gasteiger partial charge < -0.3 is 0 Å². The number of hydrogen-bond donors (Lipinski definition) is 0. The molecule has 0 spiro atoms. The third-order valence-electron chi connectivity index (χ3n) is 3.16. The first-order chi connectivity index (χ1) is 9.97. The average Bonchev–Trinajstić information content (AvgIpc) is 2.89. The van der Waals surface area contributed by atoms with Crippen molar-refractivity contribution in [1.82, 2.24) is 14.8 Å². The Bertz CT molecular complexity index is 706. The molecule has 0 aliphatic heterocycles. The Hall–Kier alpha value is -2.57. The number of Topliss-reactive ketones (excluding diaryl/α,β-unsaturated/α-hetero) is 1. The van der Waals surface area contributed by atoms with Gasteiger partial charge in [-0.1, -0.05) is 13.8 Å². The van der Waals surface area contributed by atoms with E-state index in [9.17, 15) is 14.9 Å². The molecule has 0 saturated heterocycles. The van der Waals surface area contributed by atoms with Gasteiger partial charge in [0, 0.05) is 24.5 Å². The van der Waals surface area contributed by atoms with Crippen molar-refractivity contribution in [3.05, 3.63) is 45.5 Å². The number of rotatable bonds is 5. The summed E-state index contributed by atoms with van der Waals surface area (Å²) in [5, 5.41) is 15.6. The van der Waals surface area contributed by atoms with E-state index in [1.807, 2.05) is 13.8 Å². The monoisotopic (exact) mass is 288 g/mol. The summed E-state index contributed by atoms with van der Waals surface area (Å²) in [5.74, 6) is 1.08. The number of benzene rings is 1. The number of nitrogens with zero attached hydrogens (tertiary/aromatic N) is 4. The lowest BCUT2D eigenvalue weighted by molar-refractivity contribution is -0.384. The van der Waals surface area contributed by atoms with Crippen molar-refractivity contribution in [3.63, 3.8) is 0 Å². The maximum absolute atomic E-state index is 11.4. The summed E-state index contributed by atoms with van der Waals surface area (Å²) in [7, 11) is 0. The fourth-order valence-electron chi connectivity index (χ4n) is 2.03. The highest BCUT2D eigenvalue weighted by molar-refractivity contribution is 5.95. The molecule has 0 amide bonds. The van der Waals surface area contributed by atoms with E-state index in [1.54, 1.807) is 12.1 Å². The van der Waals surface area contributed by atoms with Crippen molar-refractivity contribution in [2.24, 2.45) is 0 Å². The maximum atomic E-state index is 11.4. The second-order valence-electron chi connectivity index (χ2n) is 4.58. The molecule has 0 aliphatic rings. The number of hydrogen-bond acceptors (Lipinski definition) is 5. The summed E-state index contributed by atoms with van der Waals surface area (Å²) in [6.45, 7) is 5.21. The molecule has 0 unspecified atom stereocenters. The Labute approximate surface area is 121 Å². The van der Waals surface area contributed by atoms with Gasteiger partial charge in [0.25, 0.3) is 5.69 Å². The Kier molecular flexibility index (Phi) is 4.11. The Balaban J connectivity index is 2.65. The van der Waals surface area contributed by atoms with Crippen LogP contribution in [0.15, 0.2) is 18.2 Å². The summed E-state index contributed by atoms with van der Waals surface area (Å²) in [6.07, 6.45) is 1.26. The molecule has 2 aromatic rings. The fourth-order valence-corrected chi connectivity index (χ4v) is 2.03. The van der Waals surface area contributed by atoms with E-state index in [-0.39, 0.29) is 11.5 Å². The number of ketones is 1. The minimum Gasteiger partial charge on any atom is -0.295 e. The van der Waals surface area contributed by atoms with Crippen LogP contribution in [0.1, 0.15) is 42.8 Å². The lowest BCUT2D eigenvalue weighted by Crippen LogP contribution is -2.07. The molecule has 0 bridgehead atoms. The molecular weight excluding hydrogens is 272 g/mol. The van der Waals surface area contributed by atoms with Crippen molar-refractivity contribution in [2.75, 3.05) is 0 Å². The third kappa shape index (κ3) is 2.81. The molecule has 2 rings (SSSR count). The summed E-state index contributed by atoms with van der Waals surface area (Å²) in [4.78, 5) is 26.5. The van der Waals surface area contributed by atoms with Crippen LogP contribution in [-0.4, -0.2) is 25.5 Å². The lowest BCUT2D eigenvalue weighted by atomic mass is 10.1. The number of nitro benzene ring substituents is 1. The molecule has 110 valence electrons. The zero-order valence-electron chi connectivity index (χ0n) is 12.2. The van der Waals surface area contributed by atoms with Crippen molar-refractivity contribution in [3.8, 4) is 5.69 Å². The molecule has 1 aromatic carbocycles. The molecule has 1 aromatic heterocycles. The largest absolute Gasteiger partial charge is 0.295 e. The quantitative estimate of drug-likeness (QED) is 0.479. The Morgan fingerprint density at radius 3 is 2.57 bits per heavy atom. The number of carbonyl (C=O) groups is 1. The lowest BCUT2D eigenvalue weighted by Gasteiger charge is -2.06. The van der Waals surface area contributed by atoms with E-state index in [4.69, 9.17) is 0 Å². The third-order valence-corrected chi connectivity index (χ3v) is 3.16. The second-order valence-corrected chi connectivity index (χ2v) is 4.58. The van der Waals surface area contributed by atoms with E-state index >= 15 is 0 Å². The van der Waals surface area contributed by atoms with Gasteiger partial charge in [-0.25, -0.2) is 9.67 Å². The maximum Gasteiger partial charge on any atom is 0.295 e. The molecule has 0 atom stereocenters.